The first-order valence-corrected chi connectivity index (χ1v) is 15.7. The van der Waals surface area contributed by atoms with E-state index in [9.17, 15) is 14.4 Å². The normalized spacial score (nSPS) is 10.9. The molecule has 0 radical (unpaired) electrons. The molecule has 3 N–H and O–H groups in total. The summed E-state index contributed by atoms with van der Waals surface area (Å²) in [6.07, 6.45) is 3.61. The van der Waals surface area contributed by atoms with Crippen LogP contribution in [0.15, 0.2) is 108 Å². The third-order valence-corrected chi connectivity index (χ3v) is 7.67. The fourth-order valence-electron chi connectivity index (χ4n) is 4.18. The molecule has 0 fully saturated rings. The summed E-state index contributed by atoms with van der Waals surface area (Å²) in [4.78, 5) is 39.8. The minimum atomic E-state index is -0.524. The van der Waals surface area contributed by atoms with Gasteiger partial charge in [-0.3, -0.25) is 14.4 Å². The van der Waals surface area contributed by atoms with Gasteiger partial charge in [-0.25, -0.2) is 0 Å². The maximum atomic E-state index is 13.4. The van der Waals surface area contributed by atoms with Crippen LogP contribution >= 0.6 is 11.8 Å². The van der Waals surface area contributed by atoms with Crippen molar-refractivity contribution in [3.63, 3.8) is 0 Å². The molecule has 0 aliphatic rings. The molecule has 0 saturated carbocycles. The van der Waals surface area contributed by atoms with E-state index in [0.29, 0.717) is 40.6 Å². The molecule has 0 saturated heterocycles. The van der Waals surface area contributed by atoms with Crippen LogP contribution in [-0.2, 0) is 9.59 Å². The van der Waals surface area contributed by atoms with Crippen molar-refractivity contribution < 1.29 is 28.6 Å². The van der Waals surface area contributed by atoms with E-state index >= 15 is 0 Å². The van der Waals surface area contributed by atoms with Crippen molar-refractivity contribution in [1.82, 2.24) is 5.32 Å². The molecule has 4 aromatic carbocycles. The van der Waals surface area contributed by atoms with E-state index in [1.54, 1.807) is 73.8 Å². The van der Waals surface area contributed by atoms with Gasteiger partial charge in [-0.05, 0) is 85.3 Å². The molecular weight excluding hydrogens is 602 g/mol. The van der Waals surface area contributed by atoms with Gasteiger partial charge in [-0.1, -0.05) is 31.5 Å². The monoisotopic (exact) mass is 639 g/mol. The first-order chi connectivity index (χ1) is 22.4. The second-order valence-corrected chi connectivity index (χ2v) is 11.1. The number of unbranched alkanes of at least 4 members (excludes halogenated alkanes) is 1. The van der Waals surface area contributed by atoms with Crippen molar-refractivity contribution in [2.75, 3.05) is 37.2 Å². The Morgan fingerprint density at radius 3 is 2.13 bits per heavy atom. The average Bonchev–Trinajstić information content (AvgIpc) is 3.09. The molecule has 0 spiro atoms. The molecule has 0 aliphatic carbocycles. The number of hydrogen-bond donors (Lipinski definition) is 3. The van der Waals surface area contributed by atoms with Crippen molar-refractivity contribution in [2.45, 2.75) is 24.7 Å². The van der Waals surface area contributed by atoms with Crippen LogP contribution in [0.2, 0.25) is 0 Å². The highest BCUT2D eigenvalue weighted by atomic mass is 32.2. The Bertz CT molecular complexity index is 1640. The molecule has 4 aromatic rings. The van der Waals surface area contributed by atoms with E-state index in [-0.39, 0.29) is 17.4 Å². The number of rotatable bonds is 15. The van der Waals surface area contributed by atoms with Crippen LogP contribution in [0.25, 0.3) is 6.08 Å². The van der Waals surface area contributed by atoms with E-state index in [1.807, 2.05) is 36.4 Å². The minimum Gasteiger partial charge on any atom is -0.497 e. The quantitative estimate of drug-likeness (QED) is 0.0727. The van der Waals surface area contributed by atoms with E-state index < -0.39 is 11.8 Å². The zero-order valence-electron chi connectivity index (χ0n) is 26.0. The van der Waals surface area contributed by atoms with Crippen molar-refractivity contribution in [1.29, 1.82) is 0 Å². The number of carbonyl (C=O) groups is 3. The topological polar surface area (TPSA) is 115 Å². The molecule has 238 valence electrons. The van der Waals surface area contributed by atoms with Gasteiger partial charge in [0.05, 0.1) is 26.6 Å². The number of methoxy groups -OCH3 is 2. The number of hydrogen-bond acceptors (Lipinski definition) is 7. The standard InChI is InChI=1S/C36H37N3O6S/c1-4-5-21-45-29-17-12-27(13-18-29)37-34(40)24-46-31-19-14-28(15-20-31)38-36(42)32(39-35(41)25-9-7-6-8-10-25)22-26-11-16-30(43-2)23-33(26)44-3/h6-20,22-23H,4-5,21,24H2,1-3H3,(H,37,40)(H,38,42)(H,39,41)/b32-22-. The summed E-state index contributed by atoms with van der Waals surface area (Å²) in [5.41, 5.74) is 2.21. The number of amides is 3. The maximum absolute atomic E-state index is 13.4. The number of carbonyl (C=O) groups excluding carboxylic acids is 3. The maximum Gasteiger partial charge on any atom is 0.272 e. The van der Waals surface area contributed by atoms with Gasteiger partial charge in [0.15, 0.2) is 0 Å². The predicted octanol–water partition coefficient (Wildman–Crippen LogP) is 7.02. The zero-order valence-corrected chi connectivity index (χ0v) is 26.8. The summed E-state index contributed by atoms with van der Waals surface area (Å²) in [5, 5.41) is 8.46. The van der Waals surface area contributed by atoms with Crippen LogP contribution in [0, 0.1) is 0 Å². The molecule has 0 aliphatic heterocycles. The Balaban J connectivity index is 1.39. The van der Waals surface area contributed by atoms with Gasteiger partial charge >= 0.3 is 0 Å². The molecule has 0 aromatic heterocycles. The van der Waals surface area contributed by atoms with E-state index in [2.05, 4.69) is 22.9 Å². The Morgan fingerprint density at radius 1 is 0.783 bits per heavy atom. The van der Waals surface area contributed by atoms with Crippen LogP contribution in [-0.4, -0.2) is 44.3 Å². The van der Waals surface area contributed by atoms with Crippen molar-refractivity contribution in [3.05, 3.63) is 114 Å². The summed E-state index contributed by atoms with van der Waals surface area (Å²) in [7, 11) is 3.06. The summed E-state index contributed by atoms with van der Waals surface area (Å²) in [5.74, 6) is 0.944. The SMILES string of the molecule is CCCCOc1ccc(NC(=O)CSc2ccc(NC(=O)/C(=C/c3ccc(OC)cc3OC)NC(=O)c3ccccc3)cc2)cc1. The van der Waals surface area contributed by atoms with Crippen LogP contribution in [0.1, 0.15) is 35.7 Å². The van der Waals surface area contributed by atoms with Crippen LogP contribution in [0.5, 0.6) is 17.2 Å². The molecule has 9 nitrogen and oxygen atoms in total. The number of thioether (sulfide) groups is 1. The molecule has 4 rings (SSSR count). The Hall–Kier alpha value is -5.22. The minimum absolute atomic E-state index is 0.0213. The Kier molecular flexibility index (Phi) is 12.7. The number of anilines is 2. The van der Waals surface area contributed by atoms with Crippen molar-refractivity contribution in [2.24, 2.45) is 0 Å². The van der Waals surface area contributed by atoms with Gasteiger partial charge in [0.25, 0.3) is 11.8 Å². The van der Waals surface area contributed by atoms with Crippen LogP contribution < -0.4 is 30.2 Å². The van der Waals surface area contributed by atoms with Gasteiger partial charge in [0, 0.05) is 33.5 Å². The lowest BCUT2D eigenvalue weighted by atomic mass is 10.1. The summed E-state index contributed by atoms with van der Waals surface area (Å²) in [6, 6.07) is 28.2. The highest BCUT2D eigenvalue weighted by molar-refractivity contribution is 8.00. The lowest BCUT2D eigenvalue weighted by Gasteiger charge is -2.13. The average molecular weight is 640 g/mol. The largest absolute Gasteiger partial charge is 0.497 e. The third kappa shape index (κ3) is 10.2. The summed E-state index contributed by atoms with van der Waals surface area (Å²) >= 11 is 1.37. The second kappa shape index (κ2) is 17.3. The number of nitrogens with one attached hydrogen (secondary N) is 3. The van der Waals surface area contributed by atoms with Crippen molar-refractivity contribution in [3.8, 4) is 17.2 Å². The van der Waals surface area contributed by atoms with Gasteiger partial charge in [0.1, 0.15) is 22.9 Å². The highest BCUT2D eigenvalue weighted by Crippen LogP contribution is 2.27. The third-order valence-electron chi connectivity index (χ3n) is 6.66. The van der Waals surface area contributed by atoms with Gasteiger partial charge in [0.2, 0.25) is 5.91 Å². The van der Waals surface area contributed by atoms with E-state index in [0.717, 1.165) is 23.5 Å². The molecule has 46 heavy (non-hydrogen) atoms. The molecular formula is C36H37N3O6S. The first kappa shape index (κ1) is 33.7. The molecule has 0 heterocycles. The van der Waals surface area contributed by atoms with E-state index in [1.165, 1.54) is 18.9 Å². The molecule has 0 bridgehead atoms. The molecule has 0 atom stereocenters. The van der Waals surface area contributed by atoms with E-state index in [4.69, 9.17) is 14.2 Å². The highest BCUT2D eigenvalue weighted by Gasteiger charge is 2.17. The molecule has 3 amide bonds. The molecule has 0 unspecified atom stereocenters. The number of ether oxygens (including phenoxy) is 3. The Labute approximate surface area is 273 Å². The second-order valence-electron chi connectivity index (χ2n) is 10.0. The zero-order chi connectivity index (χ0) is 32.7. The lowest BCUT2D eigenvalue weighted by Crippen LogP contribution is -2.30. The molecule has 10 heteroatoms. The van der Waals surface area contributed by atoms with Crippen LogP contribution in [0.4, 0.5) is 11.4 Å². The van der Waals surface area contributed by atoms with Gasteiger partial charge in [-0.2, -0.15) is 0 Å². The van der Waals surface area contributed by atoms with Crippen molar-refractivity contribution >= 4 is 46.9 Å². The fraction of sp³-hybridized carbons (Fsp3) is 0.194. The summed E-state index contributed by atoms with van der Waals surface area (Å²) in [6.45, 7) is 2.78. The lowest BCUT2D eigenvalue weighted by molar-refractivity contribution is -0.114. The van der Waals surface area contributed by atoms with Gasteiger partial charge < -0.3 is 30.2 Å². The Morgan fingerprint density at radius 2 is 1.46 bits per heavy atom. The van der Waals surface area contributed by atoms with Gasteiger partial charge in [-0.15, -0.1) is 11.8 Å². The first-order valence-electron chi connectivity index (χ1n) is 14.8. The smallest absolute Gasteiger partial charge is 0.272 e. The van der Waals surface area contributed by atoms with Crippen LogP contribution in [0.3, 0.4) is 0 Å². The fourth-order valence-corrected chi connectivity index (χ4v) is 4.88. The predicted molar refractivity (Wildman–Crippen MR) is 183 cm³/mol. The summed E-state index contributed by atoms with van der Waals surface area (Å²) < 4.78 is 16.4. The number of benzene rings is 4.